The van der Waals surface area contributed by atoms with E-state index in [1.807, 2.05) is 24.3 Å². The second-order valence-electron chi connectivity index (χ2n) is 10.0. The van der Waals surface area contributed by atoms with E-state index in [9.17, 15) is 9.59 Å². The molecule has 9 heteroatoms. The zero-order valence-corrected chi connectivity index (χ0v) is 23.2. The number of fused-ring (bicyclic) bond motifs is 2. The van der Waals surface area contributed by atoms with E-state index in [-0.39, 0.29) is 5.56 Å². The molecule has 3 heterocycles. The van der Waals surface area contributed by atoms with Crippen molar-refractivity contribution in [1.29, 1.82) is 0 Å². The molecule has 212 valence electrons. The molecular formula is C31H37N3O6. The second kappa shape index (κ2) is 13.0. The molecule has 1 aromatic heterocycles. The third-order valence-electron chi connectivity index (χ3n) is 7.47. The standard InChI is InChI=1S/C31H37N3O6/c1-3-38-31(36)9-5-23-19-30(35)34(27-20-25(37-2)6-7-26(23)27)15-14-33-12-10-24(11-13-33)32-21-22-4-8-28-29(18-22)40-17-16-39-28/h4-9,18-20,24,32H,3,10-17,21H2,1-2H3/b9-5+. The summed E-state index contributed by atoms with van der Waals surface area (Å²) in [6.07, 6.45) is 5.09. The highest BCUT2D eigenvalue weighted by Crippen LogP contribution is 2.31. The van der Waals surface area contributed by atoms with Crippen molar-refractivity contribution in [2.45, 2.75) is 38.9 Å². The molecule has 5 rings (SSSR count). The molecule has 0 amide bonds. The van der Waals surface area contributed by atoms with E-state index in [0.29, 0.717) is 43.7 Å². The van der Waals surface area contributed by atoms with E-state index in [2.05, 4.69) is 22.3 Å². The van der Waals surface area contributed by atoms with Crippen LogP contribution in [-0.4, -0.2) is 68.0 Å². The van der Waals surface area contributed by atoms with E-state index in [4.69, 9.17) is 18.9 Å². The van der Waals surface area contributed by atoms with Crippen molar-refractivity contribution in [1.82, 2.24) is 14.8 Å². The molecule has 1 saturated heterocycles. The van der Waals surface area contributed by atoms with Crippen LogP contribution in [-0.2, 0) is 22.6 Å². The largest absolute Gasteiger partial charge is 0.497 e. The first kappa shape index (κ1) is 27.7. The lowest BCUT2D eigenvalue weighted by molar-refractivity contribution is -0.137. The molecule has 9 nitrogen and oxygen atoms in total. The highest BCUT2D eigenvalue weighted by molar-refractivity contribution is 5.94. The summed E-state index contributed by atoms with van der Waals surface area (Å²) in [5.41, 5.74) is 2.54. The van der Waals surface area contributed by atoms with Crippen LogP contribution in [0.4, 0.5) is 0 Å². The van der Waals surface area contributed by atoms with Gasteiger partial charge in [0.1, 0.15) is 19.0 Å². The molecule has 2 aliphatic heterocycles. The van der Waals surface area contributed by atoms with Gasteiger partial charge in [-0.2, -0.15) is 0 Å². The van der Waals surface area contributed by atoms with Gasteiger partial charge in [0.25, 0.3) is 5.56 Å². The number of carbonyl (C=O) groups is 1. The maximum Gasteiger partial charge on any atom is 0.330 e. The molecule has 2 aliphatic rings. The van der Waals surface area contributed by atoms with Gasteiger partial charge >= 0.3 is 5.97 Å². The van der Waals surface area contributed by atoms with Gasteiger partial charge in [-0.25, -0.2) is 4.79 Å². The van der Waals surface area contributed by atoms with Crippen LogP contribution in [0.25, 0.3) is 17.0 Å². The van der Waals surface area contributed by atoms with Gasteiger partial charge in [-0.15, -0.1) is 0 Å². The number of benzene rings is 2. The SMILES string of the molecule is CCOC(=O)/C=C/c1cc(=O)n(CCN2CCC(NCc3ccc4c(c3)OCCO4)CC2)c2cc(OC)ccc12. The molecule has 0 radical (unpaired) electrons. The minimum Gasteiger partial charge on any atom is -0.497 e. The summed E-state index contributed by atoms with van der Waals surface area (Å²) in [5, 5.41) is 4.57. The number of aromatic nitrogens is 1. The van der Waals surface area contributed by atoms with Gasteiger partial charge in [0, 0.05) is 49.3 Å². The molecule has 1 fully saturated rings. The van der Waals surface area contributed by atoms with Gasteiger partial charge in [0.05, 0.1) is 19.2 Å². The molecule has 0 saturated carbocycles. The Morgan fingerprint density at radius 3 is 2.62 bits per heavy atom. The average molecular weight is 548 g/mol. The number of nitrogens with zero attached hydrogens (tertiary/aromatic N) is 2. The van der Waals surface area contributed by atoms with Crippen molar-refractivity contribution in [3.63, 3.8) is 0 Å². The Kier molecular flexibility index (Phi) is 9.03. The number of esters is 1. The number of pyridine rings is 1. The van der Waals surface area contributed by atoms with Gasteiger partial charge < -0.3 is 33.7 Å². The van der Waals surface area contributed by atoms with Crippen LogP contribution in [0.3, 0.4) is 0 Å². The van der Waals surface area contributed by atoms with Crippen LogP contribution in [0.2, 0.25) is 0 Å². The first-order valence-electron chi connectivity index (χ1n) is 13.9. The molecule has 2 aromatic carbocycles. The number of piperidine rings is 1. The molecule has 1 N–H and O–H groups in total. The Hall–Kier alpha value is -3.82. The molecule has 0 aliphatic carbocycles. The summed E-state index contributed by atoms with van der Waals surface area (Å²) in [5.74, 6) is 1.88. The van der Waals surface area contributed by atoms with Gasteiger partial charge in [0.15, 0.2) is 11.5 Å². The highest BCUT2D eigenvalue weighted by Gasteiger charge is 2.20. The minimum atomic E-state index is -0.433. The third kappa shape index (κ3) is 6.66. The Labute approximate surface area is 234 Å². The number of rotatable bonds is 10. The lowest BCUT2D eigenvalue weighted by Gasteiger charge is -2.32. The Balaban J connectivity index is 1.20. The number of nitrogens with one attached hydrogen (secondary N) is 1. The number of hydrogen-bond acceptors (Lipinski definition) is 8. The van der Waals surface area contributed by atoms with Crippen molar-refractivity contribution < 1.29 is 23.7 Å². The van der Waals surface area contributed by atoms with Gasteiger partial charge in [-0.3, -0.25) is 4.79 Å². The summed E-state index contributed by atoms with van der Waals surface area (Å²) in [6, 6.07) is 13.8. The third-order valence-corrected chi connectivity index (χ3v) is 7.47. The fraction of sp³-hybridized carbons (Fsp3) is 0.419. The normalized spacial score (nSPS) is 15.9. The summed E-state index contributed by atoms with van der Waals surface area (Å²) >= 11 is 0. The van der Waals surface area contributed by atoms with Crippen LogP contribution in [0.15, 0.2) is 53.3 Å². The van der Waals surface area contributed by atoms with Crippen molar-refractivity contribution in [2.75, 3.05) is 46.6 Å². The van der Waals surface area contributed by atoms with Crippen molar-refractivity contribution in [2.24, 2.45) is 0 Å². The molecule has 40 heavy (non-hydrogen) atoms. The fourth-order valence-corrected chi connectivity index (χ4v) is 5.29. The van der Waals surface area contributed by atoms with E-state index < -0.39 is 5.97 Å². The maximum atomic E-state index is 13.2. The summed E-state index contributed by atoms with van der Waals surface area (Å²) in [6.45, 7) is 7.33. The van der Waals surface area contributed by atoms with Crippen LogP contribution >= 0.6 is 0 Å². The Bertz CT molecular complexity index is 1420. The first-order chi connectivity index (χ1) is 19.5. The molecule has 0 bridgehead atoms. The van der Waals surface area contributed by atoms with E-state index >= 15 is 0 Å². The van der Waals surface area contributed by atoms with Crippen molar-refractivity contribution in [3.05, 3.63) is 70.0 Å². The Morgan fingerprint density at radius 1 is 1.05 bits per heavy atom. The number of hydrogen-bond donors (Lipinski definition) is 1. The van der Waals surface area contributed by atoms with Crippen molar-refractivity contribution in [3.8, 4) is 17.2 Å². The number of methoxy groups -OCH3 is 1. The van der Waals surface area contributed by atoms with Gasteiger partial charge in [-0.05, 0) is 74.3 Å². The van der Waals surface area contributed by atoms with E-state index in [1.165, 1.54) is 11.6 Å². The molecule has 0 unspecified atom stereocenters. The van der Waals surface area contributed by atoms with Gasteiger partial charge in [0.2, 0.25) is 0 Å². The predicted octanol–water partition coefficient (Wildman–Crippen LogP) is 3.61. The molecule has 0 spiro atoms. The number of likely N-dealkylation sites (tertiary alicyclic amines) is 1. The summed E-state index contributed by atoms with van der Waals surface area (Å²) < 4.78 is 23.5. The first-order valence-corrected chi connectivity index (χ1v) is 13.9. The average Bonchev–Trinajstić information content (AvgIpc) is 2.98. The second-order valence-corrected chi connectivity index (χ2v) is 10.0. The lowest BCUT2D eigenvalue weighted by Crippen LogP contribution is -2.43. The van der Waals surface area contributed by atoms with Gasteiger partial charge in [-0.1, -0.05) is 6.07 Å². The monoisotopic (exact) mass is 547 g/mol. The zero-order valence-electron chi connectivity index (χ0n) is 23.2. The van der Waals surface area contributed by atoms with Crippen LogP contribution in [0, 0.1) is 0 Å². The molecular weight excluding hydrogens is 510 g/mol. The highest BCUT2D eigenvalue weighted by atomic mass is 16.6. The maximum absolute atomic E-state index is 13.2. The van der Waals surface area contributed by atoms with E-state index in [0.717, 1.165) is 61.4 Å². The quantitative estimate of drug-likeness (QED) is 0.304. The van der Waals surface area contributed by atoms with Crippen LogP contribution in [0.5, 0.6) is 17.2 Å². The molecule has 0 atom stereocenters. The number of carbonyl (C=O) groups excluding carboxylic acids is 1. The fourth-order valence-electron chi connectivity index (χ4n) is 5.29. The smallest absolute Gasteiger partial charge is 0.330 e. The molecule has 3 aromatic rings. The predicted molar refractivity (Wildman–Crippen MR) is 154 cm³/mol. The lowest BCUT2D eigenvalue weighted by atomic mass is 10.0. The Morgan fingerprint density at radius 2 is 1.85 bits per heavy atom. The summed E-state index contributed by atoms with van der Waals surface area (Å²) in [7, 11) is 1.61. The number of ether oxygens (including phenoxy) is 4. The topological polar surface area (TPSA) is 91.3 Å². The summed E-state index contributed by atoms with van der Waals surface area (Å²) in [4.78, 5) is 27.4. The minimum absolute atomic E-state index is 0.111. The van der Waals surface area contributed by atoms with Crippen molar-refractivity contribution >= 4 is 22.9 Å². The van der Waals surface area contributed by atoms with E-state index in [1.54, 1.807) is 30.7 Å². The van der Waals surface area contributed by atoms with Crippen LogP contribution in [0.1, 0.15) is 30.9 Å². The van der Waals surface area contributed by atoms with Crippen LogP contribution < -0.4 is 25.1 Å². The zero-order chi connectivity index (χ0) is 27.9.